The van der Waals surface area contributed by atoms with Crippen LogP contribution in [0.1, 0.15) is 18.1 Å². The maximum atomic E-state index is 5.98. The third-order valence-corrected chi connectivity index (χ3v) is 3.39. The number of nitrogens with zero attached hydrogens (tertiary/aromatic N) is 2. The summed E-state index contributed by atoms with van der Waals surface area (Å²) >= 11 is 11.3. The molecule has 1 aromatic heterocycles. The molecule has 2 aromatic rings. The largest absolute Gasteiger partial charge is 0.358 e. The molecule has 2 N–H and O–H groups in total. The SMILES string of the molecule is CCn1cc(CNC(=S)Nc2cc(Cl)ccc2C)cn1. The highest BCUT2D eigenvalue weighted by atomic mass is 35.5. The Hall–Kier alpha value is -1.59. The highest BCUT2D eigenvalue weighted by Crippen LogP contribution is 2.19. The molecule has 0 aliphatic heterocycles. The molecular formula is C14H17ClN4S. The summed E-state index contributed by atoms with van der Waals surface area (Å²) in [4.78, 5) is 0. The van der Waals surface area contributed by atoms with Crippen LogP contribution in [0, 0.1) is 6.92 Å². The average molecular weight is 309 g/mol. The van der Waals surface area contributed by atoms with Gasteiger partial charge in [0.05, 0.1) is 6.20 Å². The fraction of sp³-hybridized carbons (Fsp3) is 0.286. The van der Waals surface area contributed by atoms with Gasteiger partial charge < -0.3 is 10.6 Å². The molecule has 0 bridgehead atoms. The first-order valence-electron chi connectivity index (χ1n) is 6.41. The van der Waals surface area contributed by atoms with Crippen LogP contribution in [0.4, 0.5) is 5.69 Å². The lowest BCUT2D eigenvalue weighted by atomic mass is 10.2. The van der Waals surface area contributed by atoms with Crippen LogP contribution in [0.25, 0.3) is 0 Å². The van der Waals surface area contributed by atoms with Gasteiger partial charge in [0, 0.05) is 35.6 Å². The Labute approximate surface area is 129 Å². The van der Waals surface area contributed by atoms with Crippen LogP contribution < -0.4 is 10.6 Å². The van der Waals surface area contributed by atoms with Crippen LogP contribution >= 0.6 is 23.8 Å². The number of hydrogen-bond donors (Lipinski definition) is 2. The number of rotatable bonds is 4. The first-order chi connectivity index (χ1) is 9.58. The van der Waals surface area contributed by atoms with Gasteiger partial charge in [0.25, 0.3) is 0 Å². The number of hydrogen-bond acceptors (Lipinski definition) is 2. The van der Waals surface area contributed by atoms with Gasteiger partial charge >= 0.3 is 0 Å². The van der Waals surface area contributed by atoms with Crippen LogP contribution in [-0.4, -0.2) is 14.9 Å². The fourth-order valence-corrected chi connectivity index (χ4v) is 2.10. The van der Waals surface area contributed by atoms with Gasteiger partial charge in [0.15, 0.2) is 5.11 Å². The van der Waals surface area contributed by atoms with Gasteiger partial charge in [-0.3, -0.25) is 4.68 Å². The van der Waals surface area contributed by atoms with E-state index in [9.17, 15) is 0 Å². The van der Waals surface area contributed by atoms with E-state index in [-0.39, 0.29) is 0 Å². The Balaban J connectivity index is 1.90. The number of aryl methyl sites for hydroxylation is 2. The monoisotopic (exact) mass is 308 g/mol. The average Bonchev–Trinajstić information content (AvgIpc) is 2.89. The van der Waals surface area contributed by atoms with E-state index < -0.39 is 0 Å². The molecule has 4 nitrogen and oxygen atoms in total. The Morgan fingerprint density at radius 3 is 2.95 bits per heavy atom. The van der Waals surface area contributed by atoms with Gasteiger partial charge in [-0.25, -0.2) is 0 Å². The van der Waals surface area contributed by atoms with E-state index in [4.69, 9.17) is 23.8 Å². The lowest BCUT2D eigenvalue weighted by Crippen LogP contribution is -2.28. The van der Waals surface area contributed by atoms with Crippen molar-refractivity contribution in [1.82, 2.24) is 15.1 Å². The molecule has 0 saturated heterocycles. The predicted octanol–water partition coefficient (Wildman–Crippen LogP) is 3.35. The standard InChI is InChI=1S/C14H17ClN4S/c1-3-19-9-11(8-17-19)7-16-14(20)18-13-6-12(15)5-4-10(13)2/h4-6,8-9H,3,7H2,1-2H3,(H2,16,18,20). The maximum absolute atomic E-state index is 5.98. The zero-order valence-corrected chi connectivity index (χ0v) is 13.1. The normalized spacial score (nSPS) is 10.3. The van der Waals surface area contributed by atoms with Crippen LogP contribution in [-0.2, 0) is 13.1 Å². The van der Waals surface area contributed by atoms with Crippen LogP contribution in [0.2, 0.25) is 5.02 Å². The van der Waals surface area contributed by atoms with Gasteiger partial charge in [-0.2, -0.15) is 5.10 Å². The number of anilines is 1. The Kier molecular flexibility index (Phi) is 4.98. The van der Waals surface area contributed by atoms with Crippen LogP contribution in [0.15, 0.2) is 30.6 Å². The predicted molar refractivity (Wildman–Crippen MR) is 87.2 cm³/mol. The molecule has 6 heteroatoms. The lowest BCUT2D eigenvalue weighted by Gasteiger charge is -2.12. The minimum atomic E-state index is 0.569. The highest BCUT2D eigenvalue weighted by molar-refractivity contribution is 7.80. The second kappa shape index (κ2) is 6.72. The minimum absolute atomic E-state index is 0.569. The summed E-state index contributed by atoms with van der Waals surface area (Å²) in [7, 11) is 0. The quantitative estimate of drug-likeness (QED) is 0.850. The number of benzene rings is 1. The summed E-state index contributed by atoms with van der Waals surface area (Å²) in [5, 5.41) is 11.8. The molecule has 0 aliphatic rings. The fourth-order valence-electron chi connectivity index (χ4n) is 1.75. The van der Waals surface area contributed by atoms with Crippen LogP contribution in [0.5, 0.6) is 0 Å². The molecule has 1 heterocycles. The van der Waals surface area contributed by atoms with Crippen molar-refractivity contribution in [3.63, 3.8) is 0 Å². The van der Waals surface area contributed by atoms with Crippen molar-refractivity contribution in [3.8, 4) is 0 Å². The topological polar surface area (TPSA) is 41.9 Å². The number of thiocarbonyl (C=S) groups is 1. The second-order valence-corrected chi connectivity index (χ2v) is 5.32. The van der Waals surface area contributed by atoms with Crippen molar-refractivity contribution in [1.29, 1.82) is 0 Å². The van der Waals surface area contributed by atoms with Gasteiger partial charge in [-0.05, 0) is 43.8 Å². The van der Waals surface area contributed by atoms with E-state index in [0.717, 1.165) is 23.4 Å². The molecule has 0 amide bonds. The van der Waals surface area contributed by atoms with Crippen LogP contribution in [0.3, 0.4) is 0 Å². The summed E-state index contributed by atoms with van der Waals surface area (Å²) < 4.78 is 1.88. The maximum Gasteiger partial charge on any atom is 0.171 e. The van der Waals surface area contributed by atoms with E-state index >= 15 is 0 Å². The van der Waals surface area contributed by atoms with Gasteiger partial charge in [-0.15, -0.1) is 0 Å². The van der Waals surface area contributed by atoms with Crippen molar-refractivity contribution < 1.29 is 0 Å². The van der Waals surface area contributed by atoms with Crippen molar-refractivity contribution in [2.24, 2.45) is 0 Å². The molecule has 0 saturated carbocycles. The second-order valence-electron chi connectivity index (χ2n) is 4.47. The Morgan fingerprint density at radius 2 is 2.25 bits per heavy atom. The van der Waals surface area contributed by atoms with Gasteiger partial charge in [-0.1, -0.05) is 17.7 Å². The molecule has 20 heavy (non-hydrogen) atoms. The summed E-state index contributed by atoms with van der Waals surface area (Å²) in [5.41, 5.74) is 3.11. The smallest absolute Gasteiger partial charge is 0.171 e. The third-order valence-electron chi connectivity index (χ3n) is 2.91. The molecule has 0 atom stereocenters. The summed E-state index contributed by atoms with van der Waals surface area (Å²) in [6, 6.07) is 5.68. The molecular weight excluding hydrogens is 292 g/mol. The zero-order valence-electron chi connectivity index (χ0n) is 11.5. The van der Waals surface area contributed by atoms with Gasteiger partial charge in [0.2, 0.25) is 0 Å². The van der Waals surface area contributed by atoms with E-state index in [2.05, 4.69) is 22.7 Å². The summed E-state index contributed by atoms with van der Waals surface area (Å²) in [6.45, 7) is 5.57. The molecule has 0 radical (unpaired) electrons. The molecule has 2 rings (SSSR count). The molecule has 0 spiro atoms. The van der Waals surface area contributed by atoms with Crippen molar-refractivity contribution in [2.45, 2.75) is 26.9 Å². The molecule has 0 unspecified atom stereocenters. The lowest BCUT2D eigenvalue weighted by molar-refractivity contribution is 0.659. The van der Waals surface area contributed by atoms with E-state index in [1.165, 1.54) is 0 Å². The summed E-state index contributed by atoms with van der Waals surface area (Å²) in [5.74, 6) is 0. The molecule has 0 fully saturated rings. The first kappa shape index (κ1) is 14.8. The zero-order chi connectivity index (χ0) is 14.5. The van der Waals surface area contributed by atoms with E-state index in [1.54, 1.807) is 0 Å². The highest BCUT2D eigenvalue weighted by Gasteiger charge is 2.03. The number of halogens is 1. The van der Waals surface area contributed by atoms with E-state index in [0.29, 0.717) is 16.7 Å². The van der Waals surface area contributed by atoms with Gasteiger partial charge in [0.1, 0.15) is 0 Å². The number of aromatic nitrogens is 2. The minimum Gasteiger partial charge on any atom is -0.358 e. The molecule has 0 aliphatic carbocycles. The van der Waals surface area contributed by atoms with Crippen molar-refractivity contribution in [2.75, 3.05) is 5.32 Å². The Bertz CT molecular complexity index is 609. The molecule has 1 aromatic carbocycles. The summed E-state index contributed by atoms with van der Waals surface area (Å²) in [6.07, 6.45) is 3.84. The first-order valence-corrected chi connectivity index (χ1v) is 7.19. The third kappa shape index (κ3) is 3.95. The number of nitrogens with one attached hydrogen (secondary N) is 2. The van der Waals surface area contributed by atoms with Crippen molar-refractivity contribution >= 4 is 34.6 Å². The van der Waals surface area contributed by atoms with E-state index in [1.807, 2.05) is 42.2 Å². The Morgan fingerprint density at radius 1 is 1.45 bits per heavy atom. The van der Waals surface area contributed by atoms with Crippen molar-refractivity contribution in [3.05, 3.63) is 46.7 Å². The molecule has 106 valence electrons.